The van der Waals surface area contributed by atoms with Crippen molar-refractivity contribution in [2.45, 2.75) is 25.9 Å². The van der Waals surface area contributed by atoms with Gasteiger partial charge < -0.3 is 20.4 Å². The smallest absolute Gasteiger partial charge is 0.229 e. The number of anilines is 4. The Kier molecular flexibility index (Phi) is 4.42. The minimum atomic E-state index is 0.261. The molecule has 0 fully saturated rings. The van der Waals surface area contributed by atoms with Crippen LogP contribution in [0.4, 0.5) is 23.3 Å². The van der Waals surface area contributed by atoms with Crippen LogP contribution in [0.15, 0.2) is 24.3 Å². The average molecular weight is 327 g/mol. The molecule has 2 heterocycles. The molecule has 0 spiro atoms. The summed E-state index contributed by atoms with van der Waals surface area (Å²) in [6.45, 7) is 3.88. The van der Waals surface area contributed by atoms with E-state index in [0.29, 0.717) is 24.4 Å². The molecule has 3 rings (SSSR count). The van der Waals surface area contributed by atoms with Crippen molar-refractivity contribution in [3.8, 4) is 0 Å². The summed E-state index contributed by atoms with van der Waals surface area (Å²) in [6.07, 6.45) is 1.08. The van der Waals surface area contributed by atoms with Crippen LogP contribution < -0.4 is 20.4 Å². The lowest BCUT2D eigenvalue weighted by molar-refractivity contribution is 0.590. The Balaban J connectivity index is 1.98. The topological polar surface area (TPSA) is 74.4 Å². The first-order valence-electron chi connectivity index (χ1n) is 8.20. The average Bonchev–Trinajstić information content (AvgIpc) is 2.67. The van der Waals surface area contributed by atoms with Crippen molar-refractivity contribution in [1.29, 1.82) is 0 Å². The number of fused-ring (bicyclic) bond motifs is 1. The molecule has 1 aliphatic heterocycles. The van der Waals surface area contributed by atoms with Gasteiger partial charge in [-0.05, 0) is 25.5 Å². The zero-order valence-electron chi connectivity index (χ0n) is 14.8. The molecule has 128 valence electrons. The predicted molar refractivity (Wildman–Crippen MR) is 98.5 cm³/mol. The summed E-state index contributed by atoms with van der Waals surface area (Å²) in [5, 5.41) is 0. The number of rotatable bonds is 3. The molecule has 0 amide bonds. The molecule has 7 nitrogen and oxygen atoms in total. The molecule has 0 aliphatic carbocycles. The molecule has 2 N–H and O–H groups in total. The third kappa shape index (κ3) is 3.20. The molecule has 0 bridgehead atoms. The number of benzene rings is 1. The highest BCUT2D eigenvalue weighted by Crippen LogP contribution is 2.34. The fourth-order valence-corrected chi connectivity index (χ4v) is 3.01. The van der Waals surface area contributed by atoms with Crippen LogP contribution in [-0.4, -0.2) is 48.7 Å². The monoisotopic (exact) mass is 327 g/mol. The van der Waals surface area contributed by atoms with E-state index in [1.54, 1.807) is 0 Å². The van der Waals surface area contributed by atoms with Gasteiger partial charge in [-0.15, -0.1) is 0 Å². The molecule has 7 heteroatoms. The number of para-hydroxylation sites is 2. The summed E-state index contributed by atoms with van der Waals surface area (Å²) in [5.74, 6) is 1.54. The van der Waals surface area contributed by atoms with Crippen LogP contribution in [0.25, 0.3) is 0 Å². The first-order chi connectivity index (χ1) is 11.5. The van der Waals surface area contributed by atoms with Crippen LogP contribution in [-0.2, 0) is 6.54 Å². The second kappa shape index (κ2) is 6.51. The van der Waals surface area contributed by atoms with Crippen molar-refractivity contribution in [2.24, 2.45) is 0 Å². The summed E-state index contributed by atoms with van der Waals surface area (Å²) in [5.41, 5.74) is 8.31. The van der Waals surface area contributed by atoms with E-state index in [-0.39, 0.29) is 5.95 Å². The normalized spacial score (nSPS) is 17.4. The standard InChI is InChI=1S/C17H25N7/c1-12-9-10-23(4)13-7-5-6-8-14(13)24(12)11-15-19-16(18)21-17(20-15)22(2)3/h5-8,12H,9-11H2,1-4H3,(H2,18,19,20,21). The zero-order chi connectivity index (χ0) is 17.3. The molecule has 1 unspecified atom stereocenters. The van der Waals surface area contributed by atoms with Gasteiger partial charge in [-0.25, -0.2) is 0 Å². The summed E-state index contributed by atoms with van der Waals surface area (Å²) in [4.78, 5) is 19.6. The number of nitrogens with two attached hydrogens (primary N) is 1. The van der Waals surface area contributed by atoms with Gasteiger partial charge in [0.25, 0.3) is 0 Å². The minimum absolute atomic E-state index is 0.261. The van der Waals surface area contributed by atoms with Gasteiger partial charge >= 0.3 is 0 Å². The second-order valence-corrected chi connectivity index (χ2v) is 6.48. The second-order valence-electron chi connectivity index (χ2n) is 6.48. The molecule has 0 radical (unpaired) electrons. The fourth-order valence-electron chi connectivity index (χ4n) is 3.01. The van der Waals surface area contributed by atoms with Crippen LogP contribution in [0.5, 0.6) is 0 Å². The van der Waals surface area contributed by atoms with Gasteiger partial charge in [0.05, 0.1) is 17.9 Å². The third-order valence-corrected chi connectivity index (χ3v) is 4.42. The lowest BCUT2D eigenvalue weighted by Crippen LogP contribution is -2.33. The first kappa shape index (κ1) is 16.3. The summed E-state index contributed by atoms with van der Waals surface area (Å²) in [7, 11) is 5.94. The van der Waals surface area contributed by atoms with E-state index < -0.39 is 0 Å². The van der Waals surface area contributed by atoms with Crippen LogP contribution >= 0.6 is 0 Å². The van der Waals surface area contributed by atoms with E-state index in [0.717, 1.165) is 13.0 Å². The number of nitrogens with zero attached hydrogens (tertiary/aromatic N) is 6. The van der Waals surface area contributed by atoms with Crippen LogP contribution in [0.3, 0.4) is 0 Å². The molecule has 1 aromatic heterocycles. The highest BCUT2D eigenvalue weighted by atomic mass is 15.3. The third-order valence-electron chi connectivity index (χ3n) is 4.42. The summed E-state index contributed by atoms with van der Waals surface area (Å²) < 4.78 is 0. The van der Waals surface area contributed by atoms with Gasteiger partial charge in [0, 0.05) is 33.7 Å². The lowest BCUT2D eigenvalue weighted by Gasteiger charge is -2.30. The van der Waals surface area contributed by atoms with Crippen molar-refractivity contribution >= 4 is 23.3 Å². The van der Waals surface area contributed by atoms with E-state index in [9.17, 15) is 0 Å². The molecule has 1 atom stereocenters. The van der Waals surface area contributed by atoms with Crippen LogP contribution in [0.2, 0.25) is 0 Å². The first-order valence-corrected chi connectivity index (χ1v) is 8.20. The quantitative estimate of drug-likeness (QED) is 0.920. The SMILES string of the molecule is CC1CCN(C)c2ccccc2N1Cc1nc(N)nc(N(C)C)n1. The molecule has 0 saturated heterocycles. The number of aromatic nitrogens is 3. The van der Waals surface area contributed by atoms with Crippen molar-refractivity contribution in [3.05, 3.63) is 30.1 Å². The molecule has 1 aromatic carbocycles. The van der Waals surface area contributed by atoms with Crippen LogP contribution in [0, 0.1) is 0 Å². The Bertz CT molecular complexity index is 716. The van der Waals surface area contributed by atoms with Crippen molar-refractivity contribution in [3.63, 3.8) is 0 Å². The molecule has 0 saturated carbocycles. The predicted octanol–water partition coefficient (Wildman–Crippen LogP) is 1.75. The fraction of sp³-hybridized carbons (Fsp3) is 0.471. The van der Waals surface area contributed by atoms with Gasteiger partial charge in [0.1, 0.15) is 0 Å². The number of nitrogen functional groups attached to an aromatic ring is 1. The van der Waals surface area contributed by atoms with E-state index in [4.69, 9.17) is 5.73 Å². The number of hydrogen-bond donors (Lipinski definition) is 1. The number of hydrogen-bond acceptors (Lipinski definition) is 7. The van der Waals surface area contributed by atoms with Crippen molar-refractivity contribution in [1.82, 2.24) is 15.0 Å². The minimum Gasteiger partial charge on any atom is -0.373 e. The van der Waals surface area contributed by atoms with Crippen molar-refractivity contribution < 1.29 is 0 Å². The van der Waals surface area contributed by atoms with E-state index in [1.807, 2.05) is 19.0 Å². The molecule has 2 aromatic rings. The molecule has 24 heavy (non-hydrogen) atoms. The maximum Gasteiger partial charge on any atom is 0.229 e. The lowest BCUT2D eigenvalue weighted by atomic mass is 10.2. The van der Waals surface area contributed by atoms with Gasteiger partial charge in [0.2, 0.25) is 11.9 Å². The molecular formula is C17H25N7. The Morgan fingerprint density at radius 2 is 1.88 bits per heavy atom. The van der Waals surface area contributed by atoms with Gasteiger partial charge in [-0.3, -0.25) is 0 Å². The van der Waals surface area contributed by atoms with Crippen molar-refractivity contribution in [2.75, 3.05) is 48.1 Å². The maximum absolute atomic E-state index is 5.87. The highest BCUT2D eigenvalue weighted by Gasteiger charge is 2.24. The zero-order valence-corrected chi connectivity index (χ0v) is 14.8. The van der Waals surface area contributed by atoms with Gasteiger partial charge in [0.15, 0.2) is 5.82 Å². The molecular weight excluding hydrogens is 302 g/mol. The highest BCUT2D eigenvalue weighted by molar-refractivity contribution is 5.72. The Morgan fingerprint density at radius 1 is 1.17 bits per heavy atom. The van der Waals surface area contributed by atoms with E-state index in [1.165, 1.54) is 11.4 Å². The summed E-state index contributed by atoms with van der Waals surface area (Å²) >= 11 is 0. The maximum atomic E-state index is 5.87. The van der Waals surface area contributed by atoms with E-state index >= 15 is 0 Å². The van der Waals surface area contributed by atoms with Gasteiger partial charge in [-0.2, -0.15) is 15.0 Å². The largest absolute Gasteiger partial charge is 0.373 e. The van der Waals surface area contributed by atoms with Gasteiger partial charge in [-0.1, -0.05) is 12.1 Å². The van der Waals surface area contributed by atoms with E-state index in [2.05, 4.69) is 63.0 Å². The Hall–Kier alpha value is -2.57. The summed E-state index contributed by atoms with van der Waals surface area (Å²) in [6, 6.07) is 8.86. The van der Waals surface area contributed by atoms with Crippen LogP contribution in [0.1, 0.15) is 19.2 Å². The molecule has 1 aliphatic rings. The Labute approximate surface area is 143 Å². The Morgan fingerprint density at radius 3 is 2.58 bits per heavy atom.